The van der Waals surface area contributed by atoms with Gasteiger partial charge in [-0.15, -0.1) is 0 Å². The lowest BCUT2D eigenvalue weighted by molar-refractivity contribution is 0.0389. The molecule has 1 heterocycles. The topological polar surface area (TPSA) is 15.3 Å². The second-order valence-corrected chi connectivity index (χ2v) is 6.19. The van der Waals surface area contributed by atoms with E-state index in [1.807, 2.05) is 0 Å². The normalized spacial score (nSPS) is 38.1. The van der Waals surface area contributed by atoms with Gasteiger partial charge in [0.25, 0.3) is 0 Å². The molecule has 0 amide bonds. The van der Waals surface area contributed by atoms with E-state index in [0.29, 0.717) is 11.6 Å². The molecule has 94 valence electrons. The van der Waals surface area contributed by atoms with Crippen LogP contribution in [0.5, 0.6) is 0 Å². The number of hydrogen-bond donors (Lipinski definition) is 1. The monoisotopic (exact) mass is 224 g/mol. The van der Waals surface area contributed by atoms with Gasteiger partial charge in [0.1, 0.15) is 0 Å². The summed E-state index contributed by atoms with van der Waals surface area (Å²) in [5, 5.41) is 3.64. The third-order valence-electron chi connectivity index (χ3n) is 4.80. The summed E-state index contributed by atoms with van der Waals surface area (Å²) in [7, 11) is 0. The van der Waals surface area contributed by atoms with Crippen LogP contribution in [-0.2, 0) is 0 Å². The molecule has 2 aliphatic rings. The molecular formula is C14H28N2. The molecular weight excluding hydrogens is 196 g/mol. The van der Waals surface area contributed by atoms with Gasteiger partial charge in [-0.25, -0.2) is 0 Å². The zero-order valence-electron chi connectivity index (χ0n) is 11.3. The van der Waals surface area contributed by atoms with Crippen molar-refractivity contribution in [1.29, 1.82) is 0 Å². The minimum Gasteiger partial charge on any atom is -0.311 e. The first-order valence-electron chi connectivity index (χ1n) is 7.12. The van der Waals surface area contributed by atoms with Crippen molar-refractivity contribution in [1.82, 2.24) is 10.2 Å². The summed E-state index contributed by atoms with van der Waals surface area (Å²) in [5.41, 5.74) is 0.398. The first-order valence-corrected chi connectivity index (χ1v) is 7.12. The molecule has 0 spiro atoms. The molecule has 0 aromatic rings. The van der Waals surface area contributed by atoms with E-state index in [1.165, 1.54) is 45.2 Å². The minimum absolute atomic E-state index is 0.398. The molecule has 0 aromatic heterocycles. The second kappa shape index (κ2) is 5.05. The molecule has 2 atom stereocenters. The van der Waals surface area contributed by atoms with E-state index in [2.05, 4.69) is 31.0 Å². The van der Waals surface area contributed by atoms with E-state index in [9.17, 15) is 0 Å². The van der Waals surface area contributed by atoms with Gasteiger partial charge in [0, 0.05) is 31.2 Å². The highest BCUT2D eigenvalue weighted by atomic mass is 15.3. The van der Waals surface area contributed by atoms with Gasteiger partial charge < -0.3 is 5.32 Å². The molecule has 16 heavy (non-hydrogen) atoms. The largest absolute Gasteiger partial charge is 0.311 e. The quantitative estimate of drug-likeness (QED) is 0.793. The van der Waals surface area contributed by atoms with Crippen LogP contribution in [0.4, 0.5) is 0 Å². The number of rotatable bonds is 3. The van der Waals surface area contributed by atoms with E-state index in [-0.39, 0.29) is 0 Å². The molecule has 1 saturated carbocycles. The van der Waals surface area contributed by atoms with Gasteiger partial charge in [-0.05, 0) is 39.0 Å². The Bertz CT molecular complexity index is 223. The Labute approximate surface area is 101 Å². The maximum atomic E-state index is 3.64. The van der Waals surface area contributed by atoms with Crippen molar-refractivity contribution in [3.63, 3.8) is 0 Å². The second-order valence-electron chi connectivity index (χ2n) is 6.19. The third-order valence-corrected chi connectivity index (χ3v) is 4.80. The summed E-state index contributed by atoms with van der Waals surface area (Å²) in [4.78, 5) is 2.77. The third kappa shape index (κ3) is 2.60. The van der Waals surface area contributed by atoms with E-state index in [1.54, 1.807) is 0 Å². The SMILES string of the molecule is CCC1(C)CNC(C)CN1CC1CCCC1. The number of nitrogens with one attached hydrogen (secondary N) is 1. The Balaban J connectivity index is 1.96. The number of piperazine rings is 1. The average Bonchev–Trinajstić information content (AvgIpc) is 2.77. The predicted molar refractivity (Wildman–Crippen MR) is 69.7 cm³/mol. The van der Waals surface area contributed by atoms with Gasteiger partial charge in [0.15, 0.2) is 0 Å². The molecule has 0 aromatic carbocycles. The summed E-state index contributed by atoms with van der Waals surface area (Å²) >= 11 is 0. The van der Waals surface area contributed by atoms with Crippen LogP contribution in [0.2, 0.25) is 0 Å². The average molecular weight is 224 g/mol. The first kappa shape index (κ1) is 12.4. The Kier molecular flexibility index (Phi) is 3.91. The fourth-order valence-corrected chi connectivity index (χ4v) is 3.27. The van der Waals surface area contributed by atoms with Crippen LogP contribution >= 0.6 is 0 Å². The van der Waals surface area contributed by atoms with Crippen LogP contribution < -0.4 is 5.32 Å². The molecule has 1 saturated heterocycles. The standard InChI is InChI=1S/C14H28N2/c1-4-14(3)11-15-12(2)9-16(14)10-13-7-5-6-8-13/h12-13,15H,4-11H2,1-3H3. The maximum Gasteiger partial charge on any atom is 0.0304 e. The van der Waals surface area contributed by atoms with Gasteiger partial charge in [-0.2, -0.15) is 0 Å². The van der Waals surface area contributed by atoms with Crippen molar-refractivity contribution in [2.24, 2.45) is 5.92 Å². The molecule has 1 aliphatic carbocycles. The lowest BCUT2D eigenvalue weighted by atomic mass is 9.90. The van der Waals surface area contributed by atoms with Crippen molar-refractivity contribution in [2.45, 2.75) is 64.5 Å². The summed E-state index contributed by atoms with van der Waals surface area (Å²) in [6, 6.07) is 0.668. The number of hydrogen-bond acceptors (Lipinski definition) is 2. The molecule has 2 heteroatoms. The van der Waals surface area contributed by atoms with Crippen LogP contribution in [0.3, 0.4) is 0 Å². The molecule has 0 radical (unpaired) electrons. The molecule has 1 aliphatic heterocycles. The van der Waals surface area contributed by atoms with E-state index < -0.39 is 0 Å². The van der Waals surface area contributed by atoms with Gasteiger partial charge in [-0.3, -0.25) is 4.90 Å². The maximum absolute atomic E-state index is 3.64. The molecule has 1 N–H and O–H groups in total. The van der Waals surface area contributed by atoms with Crippen molar-refractivity contribution in [2.75, 3.05) is 19.6 Å². The lowest BCUT2D eigenvalue weighted by Crippen LogP contribution is -2.63. The van der Waals surface area contributed by atoms with Gasteiger partial charge in [0.2, 0.25) is 0 Å². The fraction of sp³-hybridized carbons (Fsp3) is 1.00. The summed E-state index contributed by atoms with van der Waals surface area (Å²) in [6.45, 7) is 10.8. The van der Waals surface area contributed by atoms with Crippen molar-refractivity contribution in [3.05, 3.63) is 0 Å². The highest BCUT2D eigenvalue weighted by molar-refractivity contribution is 4.95. The van der Waals surface area contributed by atoms with Crippen molar-refractivity contribution in [3.8, 4) is 0 Å². The van der Waals surface area contributed by atoms with Crippen LogP contribution in [-0.4, -0.2) is 36.1 Å². The summed E-state index contributed by atoms with van der Waals surface area (Å²) in [5.74, 6) is 0.983. The highest BCUT2D eigenvalue weighted by Crippen LogP contribution is 2.30. The van der Waals surface area contributed by atoms with Crippen LogP contribution in [0.15, 0.2) is 0 Å². The fourth-order valence-electron chi connectivity index (χ4n) is 3.27. The van der Waals surface area contributed by atoms with Crippen LogP contribution in [0, 0.1) is 5.92 Å². The minimum atomic E-state index is 0.398. The highest BCUT2D eigenvalue weighted by Gasteiger charge is 2.36. The molecule has 2 rings (SSSR count). The van der Waals surface area contributed by atoms with Crippen LogP contribution in [0.1, 0.15) is 52.9 Å². The summed E-state index contributed by atoms with van der Waals surface area (Å²) < 4.78 is 0. The smallest absolute Gasteiger partial charge is 0.0304 e. The molecule has 2 fully saturated rings. The molecule has 0 bridgehead atoms. The van der Waals surface area contributed by atoms with Crippen LogP contribution in [0.25, 0.3) is 0 Å². The van der Waals surface area contributed by atoms with Crippen molar-refractivity contribution >= 4 is 0 Å². The van der Waals surface area contributed by atoms with E-state index >= 15 is 0 Å². The predicted octanol–water partition coefficient (Wildman–Crippen LogP) is 2.64. The van der Waals surface area contributed by atoms with E-state index in [4.69, 9.17) is 0 Å². The van der Waals surface area contributed by atoms with Gasteiger partial charge in [0.05, 0.1) is 0 Å². The van der Waals surface area contributed by atoms with Gasteiger partial charge >= 0.3 is 0 Å². The Hall–Kier alpha value is -0.0800. The molecule has 2 unspecified atom stereocenters. The molecule has 2 nitrogen and oxygen atoms in total. The zero-order valence-corrected chi connectivity index (χ0v) is 11.3. The Morgan fingerprint density at radius 2 is 2.00 bits per heavy atom. The van der Waals surface area contributed by atoms with Crippen molar-refractivity contribution < 1.29 is 0 Å². The lowest BCUT2D eigenvalue weighted by Gasteiger charge is -2.48. The number of nitrogens with zero attached hydrogens (tertiary/aromatic N) is 1. The van der Waals surface area contributed by atoms with Gasteiger partial charge in [-0.1, -0.05) is 19.8 Å². The Morgan fingerprint density at radius 1 is 1.31 bits per heavy atom. The first-order chi connectivity index (χ1) is 7.64. The Morgan fingerprint density at radius 3 is 2.62 bits per heavy atom. The van der Waals surface area contributed by atoms with E-state index in [0.717, 1.165) is 12.5 Å². The summed E-state index contributed by atoms with van der Waals surface area (Å²) in [6.07, 6.45) is 7.14. The zero-order chi connectivity index (χ0) is 11.6.